The molecular formula is C8H9BrN2O3S. The highest BCUT2D eigenvalue weighted by molar-refractivity contribution is 9.09. The van der Waals surface area contributed by atoms with Crippen molar-refractivity contribution in [2.24, 2.45) is 0 Å². The van der Waals surface area contributed by atoms with Gasteiger partial charge in [0.2, 0.25) is 5.91 Å². The largest absolute Gasteiger partial charge is 0.481 e. The van der Waals surface area contributed by atoms with Crippen LogP contribution in [0.25, 0.3) is 0 Å². The number of nitrogens with one attached hydrogen (secondary N) is 1. The number of carboxylic acid groups (broad SMARTS) is 1. The Morgan fingerprint density at radius 1 is 1.73 bits per heavy atom. The summed E-state index contributed by atoms with van der Waals surface area (Å²) in [5, 5.41) is 13.5. The average molecular weight is 293 g/mol. The van der Waals surface area contributed by atoms with Crippen LogP contribution in [0, 0.1) is 0 Å². The van der Waals surface area contributed by atoms with Crippen molar-refractivity contribution in [3.8, 4) is 0 Å². The molecule has 15 heavy (non-hydrogen) atoms. The Kier molecular flexibility index (Phi) is 4.22. The van der Waals surface area contributed by atoms with Gasteiger partial charge >= 0.3 is 5.97 Å². The molecule has 82 valence electrons. The molecular weight excluding hydrogens is 284 g/mol. The predicted molar refractivity (Wildman–Crippen MR) is 60.6 cm³/mol. The number of hydrogen-bond acceptors (Lipinski definition) is 4. The zero-order valence-corrected chi connectivity index (χ0v) is 10.3. The molecule has 1 aromatic heterocycles. The molecule has 7 heteroatoms. The zero-order valence-electron chi connectivity index (χ0n) is 7.86. The van der Waals surface area contributed by atoms with E-state index in [1.807, 2.05) is 0 Å². The minimum Gasteiger partial charge on any atom is -0.481 e. The number of carbonyl (C=O) groups is 2. The molecule has 0 fully saturated rings. The highest BCUT2D eigenvalue weighted by atomic mass is 79.9. The van der Waals surface area contributed by atoms with E-state index in [0.29, 0.717) is 10.8 Å². The first kappa shape index (κ1) is 12.1. The van der Waals surface area contributed by atoms with Gasteiger partial charge in [-0.1, -0.05) is 15.9 Å². The number of aromatic nitrogens is 1. The molecule has 0 saturated carbocycles. The summed E-state index contributed by atoms with van der Waals surface area (Å²) in [6.07, 6.45) is 0. The average Bonchev–Trinajstić information content (AvgIpc) is 2.64. The monoisotopic (exact) mass is 292 g/mol. The van der Waals surface area contributed by atoms with Crippen molar-refractivity contribution in [3.63, 3.8) is 0 Å². The summed E-state index contributed by atoms with van der Waals surface area (Å²) in [4.78, 5) is 25.6. The highest BCUT2D eigenvalue weighted by Gasteiger charge is 2.17. The number of carbonyl (C=O) groups excluding carboxylic acids is 1. The Hall–Kier alpha value is -0.950. The van der Waals surface area contributed by atoms with E-state index in [2.05, 4.69) is 26.2 Å². The molecule has 2 N–H and O–H groups in total. The summed E-state index contributed by atoms with van der Waals surface area (Å²) >= 11 is 4.21. The fourth-order valence-electron chi connectivity index (χ4n) is 0.822. The van der Waals surface area contributed by atoms with Crippen LogP contribution < -0.4 is 5.32 Å². The van der Waals surface area contributed by atoms with Crippen molar-refractivity contribution in [3.05, 3.63) is 11.1 Å². The third-order valence-corrected chi connectivity index (χ3v) is 2.99. The molecule has 0 saturated heterocycles. The number of halogens is 1. The number of hydrogen-bond donors (Lipinski definition) is 2. The van der Waals surface area contributed by atoms with E-state index in [-0.39, 0.29) is 11.2 Å². The normalized spacial score (nSPS) is 12.1. The number of alkyl halides is 1. The van der Waals surface area contributed by atoms with E-state index in [4.69, 9.17) is 5.11 Å². The van der Waals surface area contributed by atoms with Gasteiger partial charge in [0, 0.05) is 5.38 Å². The number of rotatable bonds is 4. The Labute approximate surface area is 98.7 Å². The summed E-state index contributed by atoms with van der Waals surface area (Å²) in [5.74, 6) is -1.80. The molecule has 0 spiro atoms. The van der Waals surface area contributed by atoms with Gasteiger partial charge in [-0.15, -0.1) is 11.3 Å². The van der Waals surface area contributed by atoms with Gasteiger partial charge in [-0.05, 0) is 6.92 Å². The predicted octanol–water partition coefficient (Wildman–Crippen LogP) is 1.66. The Morgan fingerprint density at radius 3 is 2.93 bits per heavy atom. The SMILES string of the molecule is CC(C(=O)O)c1csc(NC(=O)CBr)n1. The lowest BCUT2D eigenvalue weighted by Crippen LogP contribution is -2.12. The Balaban J connectivity index is 2.72. The highest BCUT2D eigenvalue weighted by Crippen LogP contribution is 2.22. The van der Waals surface area contributed by atoms with Crippen molar-refractivity contribution in [2.45, 2.75) is 12.8 Å². The van der Waals surface area contributed by atoms with Crippen LogP contribution in [-0.4, -0.2) is 27.3 Å². The number of amides is 1. The van der Waals surface area contributed by atoms with E-state index in [1.54, 1.807) is 12.3 Å². The number of aliphatic carboxylic acids is 1. The molecule has 0 aliphatic rings. The number of thiazole rings is 1. The van der Waals surface area contributed by atoms with Crippen molar-refractivity contribution < 1.29 is 14.7 Å². The van der Waals surface area contributed by atoms with Crippen LogP contribution in [0.3, 0.4) is 0 Å². The van der Waals surface area contributed by atoms with E-state index >= 15 is 0 Å². The smallest absolute Gasteiger partial charge is 0.312 e. The molecule has 0 aliphatic carbocycles. The zero-order chi connectivity index (χ0) is 11.4. The summed E-state index contributed by atoms with van der Waals surface area (Å²) in [5.41, 5.74) is 0.456. The molecule has 1 atom stereocenters. The topological polar surface area (TPSA) is 79.3 Å². The van der Waals surface area contributed by atoms with E-state index in [0.717, 1.165) is 0 Å². The van der Waals surface area contributed by atoms with Gasteiger partial charge in [0.25, 0.3) is 0 Å². The molecule has 1 aromatic rings. The number of anilines is 1. The summed E-state index contributed by atoms with van der Waals surface area (Å²) in [6.45, 7) is 1.55. The van der Waals surface area contributed by atoms with Gasteiger partial charge in [0.1, 0.15) is 0 Å². The van der Waals surface area contributed by atoms with Crippen molar-refractivity contribution >= 4 is 44.3 Å². The third kappa shape index (κ3) is 3.28. The molecule has 5 nitrogen and oxygen atoms in total. The molecule has 1 rings (SSSR count). The molecule has 1 unspecified atom stereocenters. The first-order valence-corrected chi connectivity index (χ1v) is 6.08. The summed E-state index contributed by atoms with van der Waals surface area (Å²) in [6, 6.07) is 0. The maximum absolute atomic E-state index is 11.0. The van der Waals surface area contributed by atoms with Gasteiger partial charge in [0.05, 0.1) is 16.9 Å². The number of nitrogens with zero attached hydrogens (tertiary/aromatic N) is 1. The quantitative estimate of drug-likeness (QED) is 0.828. The molecule has 0 radical (unpaired) electrons. The first-order valence-electron chi connectivity index (χ1n) is 4.08. The van der Waals surface area contributed by atoms with Crippen LogP contribution in [0.1, 0.15) is 18.5 Å². The lowest BCUT2D eigenvalue weighted by molar-refractivity contribution is -0.138. The van der Waals surface area contributed by atoms with Gasteiger partial charge < -0.3 is 10.4 Å². The Bertz CT molecular complexity index is 380. The molecule has 0 aliphatic heterocycles. The third-order valence-electron chi connectivity index (χ3n) is 1.70. The fourth-order valence-corrected chi connectivity index (χ4v) is 1.78. The second kappa shape index (κ2) is 5.22. The second-order valence-corrected chi connectivity index (χ2v) is 4.24. The van der Waals surface area contributed by atoms with Gasteiger partial charge in [-0.25, -0.2) is 4.98 Å². The van der Waals surface area contributed by atoms with Crippen molar-refractivity contribution in [1.82, 2.24) is 4.98 Å². The molecule has 0 aromatic carbocycles. The van der Waals surface area contributed by atoms with Gasteiger partial charge in [0.15, 0.2) is 5.13 Å². The first-order chi connectivity index (χ1) is 7.04. The summed E-state index contributed by atoms with van der Waals surface area (Å²) < 4.78 is 0. The van der Waals surface area contributed by atoms with E-state index in [1.165, 1.54) is 11.3 Å². The van der Waals surface area contributed by atoms with Crippen LogP contribution in [0.4, 0.5) is 5.13 Å². The minimum atomic E-state index is -0.932. The molecule has 0 bridgehead atoms. The fraction of sp³-hybridized carbons (Fsp3) is 0.375. The lowest BCUT2D eigenvalue weighted by Gasteiger charge is -2.00. The van der Waals surface area contributed by atoms with Crippen LogP contribution in [-0.2, 0) is 9.59 Å². The van der Waals surface area contributed by atoms with Crippen molar-refractivity contribution in [2.75, 3.05) is 10.6 Å². The van der Waals surface area contributed by atoms with Crippen LogP contribution in [0.2, 0.25) is 0 Å². The maximum atomic E-state index is 11.0. The van der Waals surface area contributed by atoms with Crippen LogP contribution in [0.15, 0.2) is 5.38 Å². The number of carboxylic acids is 1. The van der Waals surface area contributed by atoms with E-state index < -0.39 is 11.9 Å². The van der Waals surface area contributed by atoms with Crippen molar-refractivity contribution in [1.29, 1.82) is 0 Å². The second-order valence-electron chi connectivity index (χ2n) is 2.82. The standard InChI is InChI=1S/C8H9BrN2O3S/c1-4(7(13)14)5-3-15-8(10-5)11-6(12)2-9/h3-4H,2H2,1H3,(H,13,14)(H,10,11,12). The van der Waals surface area contributed by atoms with E-state index in [9.17, 15) is 9.59 Å². The Morgan fingerprint density at radius 2 is 2.40 bits per heavy atom. The van der Waals surface area contributed by atoms with Gasteiger partial charge in [-0.3, -0.25) is 9.59 Å². The van der Waals surface area contributed by atoms with Crippen LogP contribution >= 0.6 is 27.3 Å². The van der Waals surface area contributed by atoms with Crippen LogP contribution in [0.5, 0.6) is 0 Å². The maximum Gasteiger partial charge on any atom is 0.312 e. The minimum absolute atomic E-state index is 0.191. The van der Waals surface area contributed by atoms with Gasteiger partial charge in [-0.2, -0.15) is 0 Å². The molecule has 1 amide bonds. The lowest BCUT2D eigenvalue weighted by atomic mass is 10.1. The molecule has 1 heterocycles. The summed E-state index contributed by atoms with van der Waals surface area (Å²) in [7, 11) is 0.